The van der Waals surface area contributed by atoms with Gasteiger partial charge in [-0.05, 0) is 37.6 Å². The summed E-state index contributed by atoms with van der Waals surface area (Å²) >= 11 is 5.86. The largest absolute Gasteiger partial charge is 0.474 e. The molecule has 1 heterocycles. The first-order chi connectivity index (χ1) is 10.9. The van der Waals surface area contributed by atoms with Gasteiger partial charge in [0.25, 0.3) is 5.91 Å². The number of benzene rings is 1. The van der Waals surface area contributed by atoms with Crippen LogP contribution in [0.5, 0.6) is 5.75 Å². The number of halogens is 1. The van der Waals surface area contributed by atoms with E-state index in [-0.39, 0.29) is 16.6 Å². The number of amides is 1. The van der Waals surface area contributed by atoms with Gasteiger partial charge in [0, 0.05) is 12.3 Å². The first-order valence-electron chi connectivity index (χ1n) is 6.71. The highest BCUT2D eigenvalue weighted by Crippen LogP contribution is 2.29. The number of hydrogen-bond acceptors (Lipinski definition) is 5. The normalized spacial score (nSPS) is 11.6. The van der Waals surface area contributed by atoms with Crippen molar-refractivity contribution in [2.45, 2.75) is 20.0 Å². The lowest BCUT2D eigenvalue weighted by atomic mass is 10.2. The van der Waals surface area contributed by atoms with E-state index in [1.165, 1.54) is 25.3 Å². The lowest BCUT2D eigenvalue weighted by Gasteiger charge is -2.15. The maximum absolute atomic E-state index is 12.1. The average Bonchev–Trinajstić information content (AvgIpc) is 2.51. The fourth-order valence-electron chi connectivity index (χ4n) is 1.83. The Bertz CT molecular complexity index is 751. The molecule has 120 valence electrons. The Morgan fingerprint density at radius 1 is 1.43 bits per heavy atom. The third-order valence-corrected chi connectivity index (χ3v) is 3.30. The minimum Gasteiger partial charge on any atom is -0.474 e. The lowest BCUT2D eigenvalue weighted by molar-refractivity contribution is -0.386. The molecular formula is C15H14ClN3O4. The van der Waals surface area contributed by atoms with Crippen LogP contribution in [0.3, 0.4) is 0 Å². The number of nitrogens with one attached hydrogen (secondary N) is 1. The fraction of sp³-hybridized carbons (Fsp3) is 0.200. The number of ether oxygens (including phenoxy) is 1. The Labute approximate surface area is 137 Å². The second-order valence-electron chi connectivity index (χ2n) is 4.82. The Balaban J connectivity index is 2.13. The van der Waals surface area contributed by atoms with Gasteiger partial charge in [-0.1, -0.05) is 17.7 Å². The topological polar surface area (TPSA) is 94.4 Å². The van der Waals surface area contributed by atoms with Gasteiger partial charge in [0.1, 0.15) is 0 Å². The third-order valence-electron chi connectivity index (χ3n) is 3.00. The number of anilines is 1. The van der Waals surface area contributed by atoms with Crippen LogP contribution in [0.15, 0.2) is 36.5 Å². The fourth-order valence-corrected chi connectivity index (χ4v) is 1.99. The van der Waals surface area contributed by atoms with Crippen molar-refractivity contribution >= 4 is 28.9 Å². The van der Waals surface area contributed by atoms with E-state index in [9.17, 15) is 14.9 Å². The van der Waals surface area contributed by atoms with E-state index in [1.54, 1.807) is 25.1 Å². The molecule has 7 nitrogen and oxygen atoms in total. The molecule has 0 spiro atoms. The number of carbonyl (C=O) groups excluding carboxylic acids is 1. The second-order valence-corrected chi connectivity index (χ2v) is 5.18. The maximum atomic E-state index is 12.1. The summed E-state index contributed by atoms with van der Waals surface area (Å²) in [4.78, 5) is 26.5. The van der Waals surface area contributed by atoms with Gasteiger partial charge in [-0.3, -0.25) is 14.9 Å². The molecule has 2 rings (SSSR count). The van der Waals surface area contributed by atoms with Crippen molar-refractivity contribution in [1.82, 2.24) is 4.98 Å². The van der Waals surface area contributed by atoms with Crippen LogP contribution in [-0.4, -0.2) is 21.9 Å². The smallest absolute Gasteiger partial charge is 0.311 e. The van der Waals surface area contributed by atoms with E-state index in [0.717, 1.165) is 5.56 Å². The Hall–Kier alpha value is -2.67. The molecule has 1 N–H and O–H groups in total. The monoisotopic (exact) mass is 335 g/mol. The quantitative estimate of drug-likeness (QED) is 0.513. The third kappa shape index (κ3) is 4.17. The van der Waals surface area contributed by atoms with Crippen LogP contribution in [0.25, 0.3) is 0 Å². The van der Waals surface area contributed by atoms with Crippen molar-refractivity contribution in [2.75, 3.05) is 5.32 Å². The summed E-state index contributed by atoms with van der Waals surface area (Å²) in [6.45, 7) is 3.22. The predicted octanol–water partition coefficient (Wildman–Crippen LogP) is 3.36. The zero-order chi connectivity index (χ0) is 17.0. The zero-order valence-corrected chi connectivity index (χ0v) is 13.2. The van der Waals surface area contributed by atoms with Gasteiger partial charge in [-0.2, -0.15) is 0 Å². The van der Waals surface area contributed by atoms with Crippen molar-refractivity contribution in [3.8, 4) is 5.75 Å². The summed E-state index contributed by atoms with van der Waals surface area (Å²) in [6.07, 6.45) is 0.542. The van der Waals surface area contributed by atoms with E-state index >= 15 is 0 Å². The summed E-state index contributed by atoms with van der Waals surface area (Å²) in [5.74, 6) is -0.463. The van der Waals surface area contributed by atoms with Crippen molar-refractivity contribution in [3.63, 3.8) is 0 Å². The summed E-state index contributed by atoms with van der Waals surface area (Å²) in [5, 5.41) is 13.8. The number of nitro groups is 1. The highest BCUT2D eigenvalue weighted by molar-refractivity contribution is 6.32. The first-order valence-corrected chi connectivity index (χ1v) is 7.09. The molecule has 0 aliphatic rings. The first kappa shape index (κ1) is 16.7. The Morgan fingerprint density at radius 2 is 2.17 bits per heavy atom. The maximum Gasteiger partial charge on any atom is 0.311 e. The number of pyridine rings is 1. The molecule has 0 aliphatic heterocycles. The predicted molar refractivity (Wildman–Crippen MR) is 85.8 cm³/mol. The Kier molecular flexibility index (Phi) is 5.13. The van der Waals surface area contributed by atoms with Crippen molar-refractivity contribution in [1.29, 1.82) is 0 Å². The van der Waals surface area contributed by atoms with Gasteiger partial charge < -0.3 is 10.1 Å². The summed E-state index contributed by atoms with van der Waals surface area (Å²) < 4.78 is 5.42. The van der Waals surface area contributed by atoms with Gasteiger partial charge in [-0.15, -0.1) is 0 Å². The molecule has 1 aromatic carbocycles. The van der Waals surface area contributed by atoms with E-state index in [1.807, 2.05) is 0 Å². The van der Waals surface area contributed by atoms with Crippen LogP contribution in [0.4, 0.5) is 11.4 Å². The van der Waals surface area contributed by atoms with E-state index in [0.29, 0.717) is 5.69 Å². The second kappa shape index (κ2) is 7.06. The molecule has 1 aromatic heterocycles. The Morgan fingerprint density at radius 3 is 2.83 bits per heavy atom. The lowest BCUT2D eigenvalue weighted by Crippen LogP contribution is -2.30. The minimum absolute atomic E-state index is 0.0283. The molecule has 0 fully saturated rings. The molecule has 23 heavy (non-hydrogen) atoms. The zero-order valence-electron chi connectivity index (χ0n) is 12.4. The van der Waals surface area contributed by atoms with E-state index < -0.39 is 16.9 Å². The average molecular weight is 336 g/mol. The number of rotatable bonds is 5. The van der Waals surface area contributed by atoms with Crippen LogP contribution >= 0.6 is 11.6 Å². The molecule has 0 saturated heterocycles. The number of nitro benzene ring substituents is 1. The molecule has 0 aliphatic carbocycles. The number of hydrogen-bond donors (Lipinski definition) is 1. The number of nitrogens with zero attached hydrogens (tertiary/aromatic N) is 2. The summed E-state index contributed by atoms with van der Waals surface area (Å²) in [7, 11) is 0. The van der Waals surface area contributed by atoms with Crippen LogP contribution in [0.1, 0.15) is 12.5 Å². The standard InChI is InChI=1S/C15H14ClN3O4/c1-9-5-6-13(12(8-9)19(21)22)23-10(2)15(20)18-11-4-3-7-17-14(11)16/h3-8,10H,1-2H3,(H,18,20)/t10-/m0/s1. The van der Waals surface area contributed by atoms with Crippen molar-refractivity contribution < 1.29 is 14.5 Å². The summed E-state index contributed by atoms with van der Waals surface area (Å²) in [6, 6.07) is 7.74. The summed E-state index contributed by atoms with van der Waals surface area (Å²) in [5.41, 5.74) is 0.875. The molecule has 0 radical (unpaired) electrons. The molecule has 0 saturated carbocycles. The highest BCUT2D eigenvalue weighted by atomic mass is 35.5. The van der Waals surface area contributed by atoms with Gasteiger partial charge >= 0.3 is 5.69 Å². The molecule has 2 aromatic rings. The van der Waals surface area contributed by atoms with Crippen LogP contribution < -0.4 is 10.1 Å². The van der Waals surface area contributed by atoms with Gasteiger partial charge in [-0.25, -0.2) is 4.98 Å². The van der Waals surface area contributed by atoms with Crippen LogP contribution in [0.2, 0.25) is 5.15 Å². The number of aryl methyl sites for hydroxylation is 1. The van der Waals surface area contributed by atoms with Gasteiger partial charge in [0.05, 0.1) is 10.6 Å². The van der Waals surface area contributed by atoms with E-state index in [2.05, 4.69) is 10.3 Å². The van der Waals surface area contributed by atoms with Gasteiger partial charge in [0.2, 0.25) is 0 Å². The minimum atomic E-state index is -0.951. The van der Waals surface area contributed by atoms with Crippen molar-refractivity contribution in [3.05, 3.63) is 57.4 Å². The van der Waals surface area contributed by atoms with Crippen LogP contribution in [0, 0.1) is 17.0 Å². The molecule has 1 atom stereocenters. The van der Waals surface area contributed by atoms with Gasteiger partial charge in [0.15, 0.2) is 17.0 Å². The molecule has 8 heteroatoms. The molecule has 1 amide bonds. The number of carbonyl (C=O) groups is 1. The molecular weight excluding hydrogens is 322 g/mol. The van der Waals surface area contributed by atoms with Crippen LogP contribution in [-0.2, 0) is 4.79 Å². The molecule has 0 unspecified atom stereocenters. The SMILES string of the molecule is Cc1ccc(O[C@@H](C)C(=O)Nc2cccnc2Cl)c([N+](=O)[O-])c1. The number of aromatic nitrogens is 1. The van der Waals surface area contributed by atoms with E-state index in [4.69, 9.17) is 16.3 Å². The van der Waals surface area contributed by atoms with Crippen molar-refractivity contribution in [2.24, 2.45) is 0 Å². The molecule has 0 bridgehead atoms. The highest BCUT2D eigenvalue weighted by Gasteiger charge is 2.21.